The van der Waals surface area contributed by atoms with Crippen LogP contribution < -0.4 is 5.32 Å². The first kappa shape index (κ1) is 33.4. The van der Waals surface area contributed by atoms with Crippen molar-refractivity contribution in [2.75, 3.05) is 11.9 Å². The number of hydrogen-bond donors (Lipinski definition) is 2. The van der Waals surface area contributed by atoms with Crippen LogP contribution in [0.2, 0.25) is 0 Å². The molecule has 1 aliphatic rings. The maximum Gasteiger partial charge on any atom is 0.312 e. The van der Waals surface area contributed by atoms with E-state index in [1.807, 2.05) is 6.92 Å². The van der Waals surface area contributed by atoms with Gasteiger partial charge < -0.3 is 19.9 Å². The molecule has 1 saturated heterocycles. The van der Waals surface area contributed by atoms with Crippen LogP contribution in [0.25, 0.3) is 11.2 Å². The van der Waals surface area contributed by atoms with E-state index in [2.05, 4.69) is 33.1 Å². The molecule has 2 N–H and O–H groups in total. The van der Waals surface area contributed by atoms with Gasteiger partial charge in [-0.25, -0.2) is 4.98 Å². The van der Waals surface area contributed by atoms with Gasteiger partial charge in [-0.1, -0.05) is 90.4 Å². The Kier molecular flexibility index (Phi) is 13.6. The van der Waals surface area contributed by atoms with Gasteiger partial charge in [-0.15, -0.1) is 6.42 Å². The van der Waals surface area contributed by atoms with E-state index in [1.165, 1.54) is 62.3 Å². The first-order valence-electron chi connectivity index (χ1n) is 15.5. The standard InChI is InChI=1S/C31H46FN5O5/c1-4-7-9-10-11-12-13-14-15-16-17-18-24(39)34-28-27-29(36-30(32)35-28)37(22-33-27)25-20-23(38)31(6-3,42-25)21-41-26(40)19-8-5-2/h3,22-23,25,38H,4-5,7-21H2,1-2H3,(H,34,35,36,39)/t23-,25+,31+/m0/s1. The predicted octanol–water partition coefficient (Wildman–Crippen LogP) is 5.99. The Bertz CT molecular complexity index is 1200. The van der Waals surface area contributed by atoms with Crippen molar-refractivity contribution in [3.8, 4) is 12.3 Å². The smallest absolute Gasteiger partial charge is 0.312 e. The van der Waals surface area contributed by atoms with Crippen molar-refractivity contribution in [1.29, 1.82) is 0 Å². The number of aliphatic hydroxyl groups is 1. The minimum Gasteiger partial charge on any atom is -0.461 e. The van der Waals surface area contributed by atoms with Crippen molar-refractivity contribution >= 4 is 28.9 Å². The number of halogens is 1. The number of nitrogens with zero attached hydrogens (tertiary/aromatic N) is 4. The van der Waals surface area contributed by atoms with E-state index < -0.39 is 30.0 Å². The summed E-state index contributed by atoms with van der Waals surface area (Å²) in [6.07, 6.45) is 19.1. The third-order valence-electron chi connectivity index (χ3n) is 7.71. The van der Waals surface area contributed by atoms with Gasteiger partial charge in [0.05, 0.1) is 6.33 Å². The van der Waals surface area contributed by atoms with Gasteiger partial charge in [-0.2, -0.15) is 14.4 Å². The van der Waals surface area contributed by atoms with Crippen LogP contribution in [-0.2, 0) is 19.1 Å². The summed E-state index contributed by atoms with van der Waals surface area (Å²) in [5, 5.41) is 13.4. The molecule has 0 spiro atoms. The van der Waals surface area contributed by atoms with E-state index in [4.69, 9.17) is 15.9 Å². The number of terminal acetylenes is 1. The van der Waals surface area contributed by atoms with Gasteiger partial charge in [0.15, 0.2) is 22.6 Å². The van der Waals surface area contributed by atoms with Gasteiger partial charge in [-0.3, -0.25) is 14.2 Å². The van der Waals surface area contributed by atoms with Gasteiger partial charge in [0, 0.05) is 19.3 Å². The zero-order valence-corrected chi connectivity index (χ0v) is 25.1. The fourth-order valence-electron chi connectivity index (χ4n) is 5.14. The molecule has 3 rings (SSSR count). The second-order valence-corrected chi connectivity index (χ2v) is 11.1. The van der Waals surface area contributed by atoms with Crippen molar-refractivity contribution < 1.29 is 28.6 Å². The molecular formula is C31H46FN5O5. The number of rotatable bonds is 19. The molecule has 0 unspecified atom stereocenters. The number of esters is 1. The predicted molar refractivity (Wildman–Crippen MR) is 158 cm³/mol. The van der Waals surface area contributed by atoms with E-state index in [0.717, 1.165) is 25.7 Å². The Balaban J connectivity index is 1.53. The summed E-state index contributed by atoms with van der Waals surface area (Å²) in [6.45, 7) is 3.87. The third-order valence-corrected chi connectivity index (χ3v) is 7.71. The Morgan fingerprint density at radius 3 is 2.36 bits per heavy atom. The van der Waals surface area contributed by atoms with E-state index >= 15 is 0 Å². The monoisotopic (exact) mass is 587 g/mol. The van der Waals surface area contributed by atoms with Gasteiger partial charge >= 0.3 is 12.0 Å². The molecule has 1 fully saturated rings. The average Bonchev–Trinajstić information content (AvgIpc) is 3.54. The van der Waals surface area contributed by atoms with Crippen LogP contribution in [0.1, 0.15) is 123 Å². The van der Waals surface area contributed by atoms with Crippen LogP contribution in [0.5, 0.6) is 0 Å². The molecule has 2 aromatic heterocycles. The summed E-state index contributed by atoms with van der Waals surface area (Å²) in [5.74, 6) is 1.69. The number of anilines is 1. The lowest BCUT2D eigenvalue weighted by Crippen LogP contribution is -2.43. The normalized spacial score (nSPS) is 20.1. The number of aromatic nitrogens is 4. The molecule has 0 aliphatic carbocycles. The number of carbonyl (C=O) groups excluding carboxylic acids is 2. The second-order valence-electron chi connectivity index (χ2n) is 11.1. The van der Waals surface area contributed by atoms with Gasteiger partial charge in [0.25, 0.3) is 0 Å². The molecule has 11 heteroatoms. The lowest BCUT2D eigenvalue weighted by molar-refractivity contribution is -0.156. The maximum atomic E-state index is 14.4. The lowest BCUT2D eigenvalue weighted by atomic mass is 9.99. The molecule has 1 amide bonds. The zero-order valence-electron chi connectivity index (χ0n) is 25.1. The maximum absolute atomic E-state index is 14.4. The van der Waals surface area contributed by atoms with Crippen molar-refractivity contribution in [3.63, 3.8) is 0 Å². The number of fused-ring (bicyclic) bond motifs is 1. The highest BCUT2D eigenvalue weighted by atomic mass is 19.1. The lowest BCUT2D eigenvalue weighted by Gasteiger charge is -2.26. The number of ether oxygens (including phenoxy) is 2. The molecule has 3 heterocycles. The number of amides is 1. The minimum atomic E-state index is -1.57. The number of aliphatic hydroxyl groups excluding tert-OH is 1. The Morgan fingerprint density at radius 1 is 1.07 bits per heavy atom. The van der Waals surface area contributed by atoms with Crippen molar-refractivity contribution in [2.24, 2.45) is 0 Å². The second kappa shape index (κ2) is 17.1. The Labute approximate surface area is 248 Å². The molecule has 0 aromatic carbocycles. The summed E-state index contributed by atoms with van der Waals surface area (Å²) in [5.41, 5.74) is -1.30. The average molecular weight is 588 g/mol. The van der Waals surface area contributed by atoms with E-state index in [1.54, 1.807) is 0 Å². The van der Waals surface area contributed by atoms with Gasteiger partial charge in [-0.05, 0) is 12.8 Å². The number of nitrogens with one attached hydrogen (secondary N) is 1. The highest BCUT2D eigenvalue weighted by molar-refractivity contribution is 5.96. The van der Waals surface area contributed by atoms with Crippen LogP contribution in [0, 0.1) is 18.4 Å². The summed E-state index contributed by atoms with van der Waals surface area (Å²) in [7, 11) is 0. The highest BCUT2D eigenvalue weighted by Gasteiger charge is 2.49. The molecule has 42 heavy (non-hydrogen) atoms. The van der Waals surface area contributed by atoms with Crippen LogP contribution in [0.3, 0.4) is 0 Å². The molecule has 3 atom stereocenters. The summed E-state index contributed by atoms with van der Waals surface area (Å²) in [6, 6.07) is 0. The molecule has 0 bridgehead atoms. The SMILES string of the molecule is C#C[C@]1(COC(=O)CCCC)O[C@@H](n2cnc3c(NC(=O)CCCCCCCCCCCCC)nc(F)nc32)C[C@@H]1O. The van der Waals surface area contributed by atoms with Gasteiger partial charge in [0.2, 0.25) is 5.91 Å². The Morgan fingerprint density at radius 2 is 1.71 bits per heavy atom. The molecule has 0 radical (unpaired) electrons. The fraction of sp³-hybridized carbons (Fsp3) is 0.710. The van der Waals surface area contributed by atoms with E-state index in [9.17, 15) is 19.1 Å². The molecule has 2 aromatic rings. The third kappa shape index (κ3) is 9.46. The number of carbonyl (C=O) groups is 2. The van der Waals surface area contributed by atoms with E-state index in [-0.39, 0.29) is 42.3 Å². The Hall–Kier alpha value is -3.10. The van der Waals surface area contributed by atoms with Crippen molar-refractivity contribution in [1.82, 2.24) is 19.5 Å². The summed E-state index contributed by atoms with van der Waals surface area (Å²) >= 11 is 0. The topological polar surface area (TPSA) is 128 Å². The fourth-order valence-corrected chi connectivity index (χ4v) is 5.14. The molecule has 1 aliphatic heterocycles. The number of hydrogen-bond acceptors (Lipinski definition) is 8. The van der Waals surface area contributed by atoms with Crippen molar-refractivity contribution in [2.45, 2.75) is 135 Å². The minimum absolute atomic E-state index is 0.0315. The van der Waals surface area contributed by atoms with Crippen LogP contribution in [0.4, 0.5) is 10.2 Å². The highest BCUT2D eigenvalue weighted by Crippen LogP contribution is 2.38. The zero-order chi connectivity index (χ0) is 30.4. The number of unbranched alkanes of at least 4 members (excludes halogenated alkanes) is 11. The number of imidazole rings is 1. The quantitative estimate of drug-likeness (QED) is 0.0888. The summed E-state index contributed by atoms with van der Waals surface area (Å²) < 4.78 is 27.2. The van der Waals surface area contributed by atoms with Crippen LogP contribution >= 0.6 is 0 Å². The van der Waals surface area contributed by atoms with E-state index in [0.29, 0.717) is 12.8 Å². The molecule has 10 nitrogen and oxygen atoms in total. The molecular weight excluding hydrogens is 541 g/mol. The van der Waals surface area contributed by atoms with Crippen molar-refractivity contribution in [3.05, 3.63) is 12.4 Å². The molecule has 0 saturated carbocycles. The first-order chi connectivity index (χ1) is 20.3. The van der Waals surface area contributed by atoms with Crippen LogP contribution in [0.15, 0.2) is 6.33 Å². The van der Waals surface area contributed by atoms with Gasteiger partial charge in [0.1, 0.15) is 18.9 Å². The largest absolute Gasteiger partial charge is 0.461 e. The van der Waals surface area contributed by atoms with Crippen LogP contribution in [-0.4, -0.2) is 54.8 Å². The molecule has 232 valence electrons. The first-order valence-corrected chi connectivity index (χ1v) is 15.5. The summed E-state index contributed by atoms with van der Waals surface area (Å²) in [4.78, 5) is 36.5.